The molecular weight excluding hydrogens is 372 g/mol. The number of hydrogen-bond donors (Lipinski definition) is 1. The third-order valence-electron chi connectivity index (χ3n) is 4.39. The summed E-state index contributed by atoms with van der Waals surface area (Å²) in [5, 5.41) is 2.70. The summed E-state index contributed by atoms with van der Waals surface area (Å²) in [6.07, 6.45) is 0.764. The van der Waals surface area contributed by atoms with E-state index in [9.17, 15) is 18.0 Å². The number of nitrogens with one attached hydrogen (secondary N) is 1. The first-order valence-electron chi connectivity index (χ1n) is 8.90. The zero-order valence-electron chi connectivity index (χ0n) is 15.9. The first kappa shape index (κ1) is 21.3. The number of sulfonamides is 1. The number of carbonyl (C=O) groups excluding carboxylic acids is 2. The van der Waals surface area contributed by atoms with Crippen molar-refractivity contribution in [3.8, 4) is 0 Å². The maximum atomic E-state index is 12.7. The lowest BCUT2D eigenvalue weighted by Crippen LogP contribution is -2.40. The number of aryl methyl sites for hydroxylation is 1. The number of carbonyl (C=O) groups is 2. The summed E-state index contributed by atoms with van der Waals surface area (Å²) < 4.78 is 37.1. The number of nitrogens with zero attached hydrogens (tertiary/aromatic N) is 1. The second kappa shape index (κ2) is 9.29. The van der Waals surface area contributed by atoms with Gasteiger partial charge in [0.05, 0.1) is 23.7 Å². The molecule has 1 aromatic carbocycles. The van der Waals surface area contributed by atoms with E-state index in [2.05, 4.69) is 5.32 Å². The highest BCUT2D eigenvalue weighted by molar-refractivity contribution is 7.89. The van der Waals surface area contributed by atoms with Crippen molar-refractivity contribution in [1.29, 1.82) is 0 Å². The molecule has 0 aromatic heterocycles. The van der Waals surface area contributed by atoms with Gasteiger partial charge in [0, 0.05) is 19.1 Å². The van der Waals surface area contributed by atoms with Crippen molar-refractivity contribution >= 4 is 21.9 Å². The van der Waals surface area contributed by atoms with Gasteiger partial charge in [0.15, 0.2) is 6.61 Å². The molecule has 1 amide bonds. The Hall–Kier alpha value is -1.97. The fourth-order valence-electron chi connectivity index (χ4n) is 2.54. The molecule has 1 N–H and O–H groups in total. The summed E-state index contributed by atoms with van der Waals surface area (Å²) in [6, 6.07) is 4.31. The van der Waals surface area contributed by atoms with E-state index in [1.165, 1.54) is 16.4 Å². The van der Waals surface area contributed by atoms with Crippen LogP contribution in [-0.2, 0) is 24.3 Å². The summed E-state index contributed by atoms with van der Waals surface area (Å²) >= 11 is 0. The van der Waals surface area contributed by atoms with E-state index < -0.39 is 28.5 Å². The largest absolute Gasteiger partial charge is 0.452 e. The molecule has 1 aromatic rings. The van der Waals surface area contributed by atoms with Gasteiger partial charge in [-0.05, 0) is 38.0 Å². The van der Waals surface area contributed by atoms with Crippen LogP contribution in [0.5, 0.6) is 0 Å². The van der Waals surface area contributed by atoms with Crippen LogP contribution in [0.2, 0.25) is 0 Å². The quantitative estimate of drug-likeness (QED) is 0.690. The molecule has 0 unspecified atom stereocenters. The molecular formula is C18H26N2O6S. The van der Waals surface area contributed by atoms with Gasteiger partial charge in [0.2, 0.25) is 10.0 Å². The molecule has 0 bridgehead atoms. The lowest BCUT2D eigenvalue weighted by atomic mass is 10.1. The number of amides is 1. The molecule has 1 saturated heterocycles. The predicted molar refractivity (Wildman–Crippen MR) is 98.9 cm³/mol. The van der Waals surface area contributed by atoms with Crippen molar-refractivity contribution in [2.75, 3.05) is 32.9 Å². The van der Waals surface area contributed by atoms with E-state index in [4.69, 9.17) is 9.47 Å². The van der Waals surface area contributed by atoms with Gasteiger partial charge in [0.25, 0.3) is 5.91 Å². The van der Waals surface area contributed by atoms with E-state index >= 15 is 0 Å². The van der Waals surface area contributed by atoms with Crippen molar-refractivity contribution in [1.82, 2.24) is 9.62 Å². The lowest BCUT2D eigenvalue weighted by molar-refractivity contribution is -0.124. The number of hydrogen-bond acceptors (Lipinski definition) is 6. The topological polar surface area (TPSA) is 102 Å². The van der Waals surface area contributed by atoms with E-state index in [1.54, 1.807) is 13.0 Å². The SMILES string of the molecule is CC[C@@H](C)NC(=O)COC(=O)c1cc(S(=O)(=O)N2CCOCC2)ccc1C. The second-order valence-corrected chi connectivity index (χ2v) is 8.38. The Balaban J connectivity index is 2.12. The molecule has 150 valence electrons. The maximum absolute atomic E-state index is 12.7. The van der Waals surface area contributed by atoms with Crippen molar-refractivity contribution in [2.24, 2.45) is 0 Å². The molecule has 9 heteroatoms. The molecule has 2 rings (SSSR count). The monoisotopic (exact) mass is 398 g/mol. The highest BCUT2D eigenvalue weighted by Gasteiger charge is 2.27. The van der Waals surface area contributed by atoms with Gasteiger partial charge < -0.3 is 14.8 Å². The van der Waals surface area contributed by atoms with E-state index in [0.717, 1.165) is 6.42 Å². The smallest absolute Gasteiger partial charge is 0.338 e. The maximum Gasteiger partial charge on any atom is 0.338 e. The molecule has 0 saturated carbocycles. The summed E-state index contributed by atoms with van der Waals surface area (Å²) in [6.45, 7) is 6.27. The third kappa shape index (κ3) is 5.50. The molecule has 27 heavy (non-hydrogen) atoms. The van der Waals surface area contributed by atoms with E-state index in [1.807, 2.05) is 13.8 Å². The number of ether oxygens (including phenoxy) is 2. The van der Waals surface area contributed by atoms with Crippen LogP contribution in [0, 0.1) is 6.92 Å². The van der Waals surface area contributed by atoms with E-state index in [0.29, 0.717) is 18.8 Å². The van der Waals surface area contributed by atoms with Gasteiger partial charge in [-0.1, -0.05) is 13.0 Å². The highest BCUT2D eigenvalue weighted by Crippen LogP contribution is 2.21. The van der Waals surface area contributed by atoms with Gasteiger partial charge in [-0.3, -0.25) is 4.79 Å². The third-order valence-corrected chi connectivity index (χ3v) is 6.29. The summed E-state index contributed by atoms with van der Waals surface area (Å²) in [5.41, 5.74) is 0.698. The molecule has 1 heterocycles. The first-order chi connectivity index (χ1) is 12.8. The van der Waals surface area contributed by atoms with Crippen LogP contribution < -0.4 is 5.32 Å². The Morgan fingerprint density at radius 3 is 2.59 bits per heavy atom. The van der Waals surface area contributed by atoms with Gasteiger partial charge >= 0.3 is 5.97 Å². The number of rotatable bonds is 7. The number of esters is 1. The summed E-state index contributed by atoms with van der Waals surface area (Å²) in [5.74, 6) is -1.13. The van der Waals surface area contributed by atoms with Gasteiger partial charge in [-0.2, -0.15) is 4.31 Å². The Morgan fingerprint density at radius 1 is 1.30 bits per heavy atom. The minimum atomic E-state index is -3.72. The van der Waals surface area contributed by atoms with Crippen molar-refractivity contribution in [3.63, 3.8) is 0 Å². The standard InChI is InChI=1S/C18H26N2O6S/c1-4-14(3)19-17(21)12-26-18(22)16-11-15(6-5-13(16)2)27(23,24)20-7-9-25-10-8-20/h5-6,11,14H,4,7-10,12H2,1-3H3,(H,19,21)/t14-/m1/s1. The van der Waals surface area contributed by atoms with Crippen LogP contribution in [0.15, 0.2) is 23.1 Å². The minimum Gasteiger partial charge on any atom is -0.452 e. The first-order valence-corrected chi connectivity index (χ1v) is 10.3. The molecule has 1 fully saturated rings. The van der Waals surface area contributed by atoms with Gasteiger partial charge in [-0.25, -0.2) is 13.2 Å². The molecule has 0 aliphatic carbocycles. The van der Waals surface area contributed by atoms with Crippen molar-refractivity contribution < 1.29 is 27.5 Å². The summed E-state index contributed by atoms with van der Waals surface area (Å²) in [4.78, 5) is 24.1. The molecule has 0 radical (unpaired) electrons. The van der Waals surface area contributed by atoms with Crippen LogP contribution in [0.25, 0.3) is 0 Å². The van der Waals surface area contributed by atoms with Gasteiger partial charge in [0.1, 0.15) is 0 Å². The van der Waals surface area contributed by atoms with E-state index in [-0.39, 0.29) is 29.6 Å². The van der Waals surface area contributed by atoms with Crippen molar-refractivity contribution in [3.05, 3.63) is 29.3 Å². The van der Waals surface area contributed by atoms with Crippen molar-refractivity contribution in [2.45, 2.75) is 38.1 Å². The normalized spacial score (nSPS) is 16.6. The Morgan fingerprint density at radius 2 is 1.96 bits per heavy atom. The second-order valence-electron chi connectivity index (χ2n) is 6.45. The van der Waals surface area contributed by atoms with Crippen LogP contribution in [-0.4, -0.2) is 63.6 Å². The highest BCUT2D eigenvalue weighted by atomic mass is 32.2. The molecule has 1 aliphatic rings. The predicted octanol–water partition coefficient (Wildman–Crippen LogP) is 1.09. The molecule has 0 spiro atoms. The number of benzene rings is 1. The zero-order chi connectivity index (χ0) is 20.0. The van der Waals surface area contributed by atoms with Crippen LogP contribution in [0.1, 0.15) is 36.2 Å². The molecule has 1 aliphatic heterocycles. The average molecular weight is 398 g/mol. The minimum absolute atomic E-state index is 0.0140. The molecule has 8 nitrogen and oxygen atoms in total. The summed E-state index contributed by atoms with van der Waals surface area (Å²) in [7, 11) is -3.72. The Kier molecular flexibility index (Phi) is 7.34. The van der Waals surface area contributed by atoms with Crippen LogP contribution in [0.3, 0.4) is 0 Å². The molecule has 1 atom stereocenters. The number of morpholine rings is 1. The van der Waals surface area contributed by atoms with Gasteiger partial charge in [-0.15, -0.1) is 0 Å². The lowest BCUT2D eigenvalue weighted by Gasteiger charge is -2.26. The fraction of sp³-hybridized carbons (Fsp3) is 0.556. The average Bonchev–Trinajstić information content (AvgIpc) is 2.66. The Bertz CT molecular complexity index is 787. The fourth-order valence-corrected chi connectivity index (χ4v) is 3.98. The zero-order valence-corrected chi connectivity index (χ0v) is 16.7. The van der Waals surface area contributed by atoms with Crippen LogP contribution >= 0.6 is 0 Å². The van der Waals surface area contributed by atoms with Crippen LogP contribution in [0.4, 0.5) is 0 Å². The Labute approximate surface area is 159 Å².